The van der Waals surface area contributed by atoms with Crippen LogP contribution in [-0.2, 0) is 10.0 Å². The predicted octanol–water partition coefficient (Wildman–Crippen LogP) is 3.61. The largest absolute Gasteiger partial charge is 0.463 e. The lowest BCUT2D eigenvalue weighted by molar-refractivity contribution is -0.385. The highest BCUT2D eigenvalue weighted by molar-refractivity contribution is 7.92. The molecule has 29 heavy (non-hydrogen) atoms. The van der Waals surface area contributed by atoms with Gasteiger partial charge in [-0.3, -0.25) is 14.8 Å². The highest BCUT2D eigenvalue weighted by atomic mass is 32.2. The number of hydrogen-bond donors (Lipinski definition) is 1. The van der Waals surface area contributed by atoms with E-state index in [2.05, 4.69) is 14.8 Å². The van der Waals surface area contributed by atoms with Crippen LogP contribution in [-0.4, -0.2) is 28.1 Å². The molecule has 0 amide bonds. The van der Waals surface area contributed by atoms with E-state index in [1.165, 1.54) is 40.5 Å². The van der Waals surface area contributed by atoms with Crippen molar-refractivity contribution >= 4 is 32.9 Å². The van der Waals surface area contributed by atoms with Gasteiger partial charge in [0.05, 0.1) is 21.8 Å². The molecule has 0 unspecified atom stereocenters. The molecule has 148 valence electrons. The monoisotopic (exact) mass is 431 g/mol. The van der Waals surface area contributed by atoms with E-state index in [1.54, 1.807) is 30.5 Å². The maximum Gasteiger partial charge on any atom is 0.270 e. The number of furan rings is 1. The Labute approximate surface area is 168 Å². The fourth-order valence-corrected chi connectivity index (χ4v) is 4.43. The van der Waals surface area contributed by atoms with Crippen molar-refractivity contribution in [1.82, 2.24) is 14.8 Å². The van der Waals surface area contributed by atoms with E-state index in [1.807, 2.05) is 0 Å². The molecule has 12 heteroatoms. The summed E-state index contributed by atoms with van der Waals surface area (Å²) in [7, 11) is -4.08. The third-order valence-corrected chi connectivity index (χ3v) is 6.02. The van der Waals surface area contributed by atoms with Gasteiger partial charge in [-0.15, -0.1) is 11.3 Å². The first-order chi connectivity index (χ1) is 13.8. The number of thiazole rings is 1. The van der Waals surface area contributed by atoms with Gasteiger partial charge >= 0.3 is 0 Å². The summed E-state index contributed by atoms with van der Waals surface area (Å²) in [5.74, 6) is 0.740. The molecule has 0 aliphatic heterocycles. The summed E-state index contributed by atoms with van der Waals surface area (Å²) >= 11 is 1.26. The molecule has 0 spiro atoms. The molecule has 0 saturated carbocycles. The Hall–Kier alpha value is -3.51. The lowest BCUT2D eigenvalue weighted by Crippen LogP contribution is -2.16. The third-order valence-electron chi connectivity index (χ3n) is 3.86. The third kappa shape index (κ3) is 3.75. The van der Waals surface area contributed by atoms with Crippen molar-refractivity contribution in [3.63, 3.8) is 0 Å². The van der Waals surface area contributed by atoms with E-state index in [-0.39, 0.29) is 16.4 Å². The summed E-state index contributed by atoms with van der Waals surface area (Å²) in [5, 5.41) is 17.4. The minimum absolute atomic E-state index is 0.161. The van der Waals surface area contributed by atoms with Gasteiger partial charge in [0.1, 0.15) is 11.5 Å². The van der Waals surface area contributed by atoms with Gasteiger partial charge in [-0.1, -0.05) is 6.07 Å². The van der Waals surface area contributed by atoms with Crippen LogP contribution in [0.4, 0.5) is 11.5 Å². The summed E-state index contributed by atoms with van der Waals surface area (Å²) < 4.78 is 34.6. The van der Waals surface area contributed by atoms with E-state index in [9.17, 15) is 18.5 Å². The Morgan fingerprint density at radius 2 is 2.07 bits per heavy atom. The second kappa shape index (κ2) is 7.14. The van der Waals surface area contributed by atoms with Crippen molar-refractivity contribution < 1.29 is 17.8 Å². The molecule has 1 aromatic carbocycles. The van der Waals surface area contributed by atoms with Gasteiger partial charge in [-0.05, 0) is 25.1 Å². The van der Waals surface area contributed by atoms with E-state index in [4.69, 9.17) is 4.42 Å². The van der Waals surface area contributed by atoms with E-state index >= 15 is 0 Å². The minimum atomic E-state index is -4.08. The van der Waals surface area contributed by atoms with Crippen molar-refractivity contribution in [3.8, 4) is 16.6 Å². The van der Waals surface area contributed by atoms with Gasteiger partial charge in [-0.2, -0.15) is 9.78 Å². The Morgan fingerprint density at radius 1 is 1.24 bits per heavy atom. The van der Waals surface area contributed by atoms with Crippen molar-refractivity contribution in [2.45, 2.75) is 11.8 Å². The smallest absolute Gasteiger partial charge is 0.270 e. The molecule has 0 saturated heterocycles. The van der Waals surface area contributed by atoms with Gasteiger partial charge < -0.3 is 4.42 Å². The lowest BCUT2D eigenvalue weighted by atomic mass is 10.3. The summed E-state index contributed by atoms with van der Waals surface area (Å²) in [4.78, 5) is 14.5. The van der Waals surface area contributed by atoms with Crippen LogP contribution in [0.1, 0.15) is 5.69 Å². The summed E-state index contributed by atoms with van der Waals surface area (Å²) in [6.45, 7) is 1.71. The maximum absolute atomic E-state index is 12.8. The predicted molar refractivity (Wildman–Crippen MR) is 106 cm³/mol. The molecular weight excluding hydrogens is 418 g/mol. The van der Waals surface area contributed by atoms with Gasteiger partial charge in [0.15, 0.2) is 5.76 Å². The summed E-state index contributed by atoms with van der Waals surface area (Å²) in [6.07, 6.45) is 1.53. The maximum atomic E-state index is 12.8. The fraction of sp³-hybridized carbons (Fsp3) is 0.0588. The van der Waals surface area contributed by atoms with Gasteiger partial charge in [0.2, 0.25) is 5.13 Å². The van der Waals surface area contributed by atoms with Crippen LogP contribution in [0.2, 0.25) is 0 Å². The number of nitrogens with one attached hydrogen (secondary N) is 1. The number of nitrogens with zero attached hydrogens (tertiary/aromatic N) is 4. The second-order valence-corrected chi connectivity index (χ2v) is 8.45. The SMILES string of the molecule is Cc1cc(NS(=O)(=O)c2cccc([N+](=O)[O-])c2)n(-c2nc(-c3ccco3)cs2)n1. The molecule has 1 N–H and O–H groups in total. The van der Waals surface area contributed by atoms with Crippen molar-refractivity contribution in [2.24, 2.45) is 0 Å². The Morgan fingerprint density at radius 3 is 2.79 bits per heavy atom. The Bertz CT molecular complexity index is 1290. The standard InChI is InChI=1S/C17H13N5O5S2/c1-11-8-16(20-29(25,26)13-5-2-4-12(9-13)22(23)24)21(19-11)17-18-14(10-28-17)15-6-3-7-27-15/h2-10,20H,1H3. The molecule has 3 heterocycles. The topological polar surface area (TPSA) is 133 Å². The number of sulfonamides is 1. The summed E-state index contributed by atoms with van der Waals surface area (Å²) in [6, 6.07) is 9.85. The normalized spacial score (nSPS) is 11.5. The molecule has 0 aliphatic rings. The van der Waals surface area contributed by atoms with E-state index in [0.29, 0.717) is 22.3 Å². The van der Waals surface area contributed by atoms with Crippen LogP contribution in [0.25, 0.3) is 16.6 Å². The Kier molecular flexibility index (Phi) is 4.64. The van der Waals surface area contributed by atoms with Crippen LogP contribution < -0.4 is 4.72 Å². The van der Waals surface area contributed by atoms with Crippen molar-refractivity contribution in [3.05, 3.63) is 69.9 Å². The molecule has 10 nitrogen and oxygen atoms in total. The van der Waals surface area contributed by atoms with Crippen LogP contribution in [0.15, 0.2) is 63.4 Å². The molecule has 4 rings (SSSR count). The first-order valence-electron chi connectivity index (χ1n) is 8.17. The zero-order valence-corrected chi connectivity index (χ0v) is 16.5. The first kappa shape index (κ1) is 18.8. The zero-order chi connectivity index (χ0) is 20.6. The molecule has 0 radical (unpaired) electrons. The molecular formula is C17H13N5O5S2. The average Bonchev–Trinajstić information content (AvgIpc) is 3.41. The lowest BCUT2D eigenvalue weighted by Gasteiger charge is -2.08. The quantitative estimate of drug-likeness (QED) is 0.364. The van der Waals surface area contributed by atoms with Gasteiger partial charge in [-0.25, -0.2) is 13.4 Å². The van der Waals surface area contributed by atoms with Crippen molar-refractivity contribution in [1.29, 1.82) is 0 Å². The van der Waals surface area contributed by atoms with Gasteiger partial charge in [0.25, 0.3) is 15.7 Å². The average molecular weight is 431 g/mol. The molecule has 3 aromatic heterocycles. The van der Waals surface area contributed by atoms with Gasteiger partial charge in [0, 0.05) is 23.6 Å². The fourth-order valence-electron chi connectivity index (χ4n) is 2.58. The van der Waals surface area contributed by atoms with E-state index < -0.39 is 14.9 Å². The first-order valence-corrected chi connectivity index (χ1v) is 10.5. The second-order valence-electron chi connectivity index (χ2n) is 5.94. The number of aryl methyl sites for hydroxylation is 1. The zero-order valence-electron chi connectivity index (χ0n) is 14.8. The molecule has 0 bridgehead atoms. The molecule has 4 aromatic rings. The number of rotatable bonds is 6. The number of nitro groups is 1. The summed E-state index contributed by atoms with van der Waals surface area (Å²) in [5.41, 5.74) is 0.840. The number of benzene rings is 1. The van der Waals surface area contributed by atoms with Crippen LogP contribution in [0, 0.1) is 17.0 Å². The number of nitro benzene ring substituents is 1. The van der Waals surface area contributed by atoms with E-state index in [0.717, 1.165) is 6.07 Å². The molecule has 0 aliphatic carbocycles. The molecule has 0 fully saturated rings. The number of hydrogen-bond acceptors (Lipinski definition) is 8. The number of non-ortho nitro benzene ring substituents is 1. The highest BCUT2D eigenvalue weighted by Gasteiger charge is 2.21. The van der Waals surface area contributed by atoms with Crippen LogP contribution in [0.3, 0.4) is 0 Å². The van der Waals surface area contributed by atoms with Crippen LogP contribution in [0.5, 0.6) is 0 Å². The Balaban J connectivity index is 1.69. The van der Waals surface area contributed by atoms with Crippen molar-refractivity contribution in [2.75, 3.05) is 4.72 Å². The number of anilines is 1. The minimum Gasteiger partial charge on any atom is -0.463 e. The molecule has 0 atom stereocenters. The highest BCUT2D eigenvalue weighted by Crippen LogP contribution is 2.28. The van der Waals surface area contributed by atoms with Crippen LogP contribution >= 0.6 is 11.3 Å². The number of aromatic nitrogens is 3.